The van der Waals surface area contributed by atoms with Gasteiger partial charge in [-0.2, -0.15) is 0 Å². The highest BCUT2D eigenvalue weighted by Crippen LogP contribution is 2.29. The summed E-state index contributed by atoms with van der Waals surface area (Å²) in [5, 5.41) is 2.86. The van der Waals surface area contributed by atoms with Crippen molar-refractivity contribution in [2.45, 2.75) is 51.5 Å². The summed E-state index contributed by atoms with van der Waals surface area (Å²) < 4.78 is 5.39. The van der Waals surface area contributed by atoms with Gasteiger partial charge < -0.3 is 15.8 Å². The first-order valence-electron chi connectivity index (χ1n) is 6.65. The van der Waals surface area contributed by atoms with Gasteiger partial charge in [-0.1, -0.05) is 26.7 Å². The second kappa shape index (κ2) is 6.97. The van der Waals surface area contributed by atoms with Crippen LogP contribution >= 0.6 is 0 Å². The Bertz CT molecular complexity index is 236. The van der Waals surface area contributed by atoms with Crippen LogP contribution in [0.25, 0.3) is 0 Å². The first-order chi connectivity index (χ1) is 8.02. The van der Waals surface area contributed by atoms with Crippen LogP contribution in [-0.2, 0) is 9.53 Å². The summed E-state index contributed by atoms with van der Waals surface area (Å²) in [5.41, 5.74) is 5.89. The van der Waals surface area contributed by atoms with Gasteiger partial charge in [0.05, 0.1) is 6.61 Å². The van der Waals surface area contributed by atoms with Crippen LogP contribution in [0.5, 0.6) is 0 Å². The largest absolute Gasteiger partial charge is 0.379 e. The van der Waals surface area contributed by atoms with E-state index < -0.39 is 0 Å². The third-order valence-corrected chi connectivity index (χ3v) is 3.13. The number of hydrogen-bond donors (Lipinski definition) is 2. The summed E-state index contributed by atoms with van der Waals surface area (Å²) in [6.45, 7) is 6.13. The molecule has 1 aliphatic carbocycles. The van der Waals surface area contributed by atoms with Crippen molar-refractivity contribution in [2.24, 2.45) is 11.7 Å². The molecule has 0 aromatic carbocycles. The Balaban J connectivity index is 2.05. The molecule has 0 spiro atoms. The second-order valence-electron chi connectivity index (χ2n) is 5.56. The Morgan fingerprint density at radius 1 is 1.41 bits per heavy atom. The number of nitrogens with two attached hydrogens (primary N) is 1. The molecule has 1 fully saturated rings. The minimum absolute atomic E-state index is 0.0579. The molecular weight excluding hydrogens is 216 g/mol. The molecule has 0 aliphatic heterocycles. The fraction of sp³-hybridized carbons (Fsp3) is 0.923. The van der Waals surface area contributed by atoms with E-state index in [-0.39, 0.29) is 11.4 Å². The Hall–Kier alpha value is -0.610. The SMILES string of the molecule is CC(C)COCCNC(=O)CC1(N)CCCC1. The number of rotatable bonds is 7. The lowest BCUT2D eigenvalue weighted by atomic mass is 9.94. The van der Waals surface area contributed by atoms with Crippen LogP contribution in [0.1, 0.15) is 46.0 Å². The Morgan fingerprint density at radius 2 is 2.06 bits per heavy atom. The van der Waals surface area contributed by atoms with E-state index in [2.05, 4.69) is 19.2 Å². The van der Waals surface area contributed by atoms with Crippen LogP contribution in [0.4, 0.5) is 0 Å². The van der Waals surface area contributed by atoms with Gasteiger partial charge in [0.25, 0.3) is 0 Å². The summed E-state index contributed by atoms with van der Waals surface area (Å²) >= 11 is 0. The summed E-state index contributed by atoms with van der Waals surface area (Å²) in [7, 11) is 0. The number of ether oxygens (including phenoxy) is 1. The van der Waals surface area contributed by atoms with E-state index in [1.165, 1.54) is 0 Å². The molecular formula is C13H26N2O2. The smallest absolute Gasteiger partial charge is 0.221 e. The summed E-state index contributed by atoms with van der Waals surface area (Å²) in [4.78, 5) is 11.7. The number of amides is 1. The van der Waals surface area contributed by atoms with E-state index in [0.29, 0.717) is 25.5 Å². The normalized spacial score (nSPS) is 18.6. The van der Waals surface area contributed by atoms with Crippen molar-refractivity contribution in [3.63, 3.8) is 0 Å². The maximum atomic E-state index is 11.7. The zero-order valence-electron chi connectivity index (χ0n) is 11.1. The van der Waals surface area contributed by atoms with Crippen molar-refractivity contribution in [1.29, 1.82) is 0 Å². The van der Waals surface area contributed by atoms with E-state index >= 15 is 0 Å². The highest BCUT2D eigenvalue weighted by atomic mass is 16.5. The molecule has 1 aliphatic rings. The molecule has 100 valence electrons. The first kappa shape index (κ1) is 14.5. The third-order valence-electron chi connectivity index (χ3n) is 3.13. The molecule has 1 rings (SSSR count). The number of hydrogen-bond acceptors (Lipinski definition) is 3. The van der Waals surface area contributed by atoms with E-state index in [0.717, 1.165) is 32.3 Å². The molecule has 1 saturated carbocycles. The molecule has 1 amide bonds. The number of carbonyl (C=O) groups excluding carboxylic acids is 1. The minimum Gasteiger partial charge on any atom is -0.379 e. The van der Waals surface area contributed by atoms with Crippen molar-refractivity contribution in [3.8, 4) is 0 Å². The highest BCUT2D eigenvalue weighted by molar-refractivity contribution is 5.77. The van der Waals surface area contributed by atoms with Crippen LogP contribution < -0.4 is 11.1 Å². The van der Waals surface area contributed by atoms with Crippen LogP contribution in [0.3, 0.4) is 0 Å². The van der Waals surface area contributed by atoms with Gasteiger partial charge >= 0.3 is 0 Å². The minimum atomic E-state index is -0.247. The average molecular weight is 242 g/mol. The zero-order chi connectivity index (χ0) is 12.7. The number of nitrogens with one attached hydrogen (secondary N) is 1. The van der Waals surface area contributed by atoms with E-state index in [1.54, 1.807) is 0 Å². The summed E-state index contributed by atoms with van der Waals surface area (Å²) in [6, 6.07) is 0. The molecule has 0 bridgehead atoms. The van der Waals surface area contributed by atoms with Crippen LogP contribution in [0, 0.1) is 5.92 Å². The van der Waals surface area contributed by atoms with Crippen molar-refractivity contribution in [1.82, 2.24) is 5.32 Å². The van der Waals surface area contributed by atoms with Crippen molar-refractivity contribution in [2.75, 3.05) is 19.8 Å². The van der Waals surface area contributed by atoms with Crippen LogP contribution in [0.15, 0.2) is 0 Å². The summed E-state index contributed by atoms with van der Waals surface area (Å²) in [6.07, 6.45) is 4.72. The van der Waals surface area contributed by atoms with Crippen molar-refractivity contribution in [3.05, 3.63) is 0 Å². The van der Waals surface area contributed by atoms with E-state index in [1.807, 2.05) is 0 Å². The van der Waals surface area contributed by atoms with Gasteiger partial charge in [0.2, 0.25) is 5.91 Å². The van der Waals surface area contributed by atoms with Gasteiger partial charge in [-0.15, -0.1) is 0 Å². The van der Waals surface area contributed by atoms with Gasteiger partial charge in [-0.25, -0.2) is 0 Å². The molecule has 17 heavy (non-hydrogen) atoms. The quantitative estimate of drug-likeness (QED) is 0.664. The van der Waals surface area contributed by atoms with E-state index in [4.69, 9.17) is 10.5 Å². The van der Waals surface area contributed by atoms with Crippen molar-refractivity contribution < 1.29 is 9.53 Å². The molecule has 0 heterocycles. The summed E-state index contributed by atoms with van der Waals surface area (Å²) in [5.74, 6) is 0.596. The molecule has 0 atom stereocenters. The molecule has 0 saturated heterocycles. The van der Waals surface area contributed by atoms with Gasteiger partial charge in [-0.3, -0.25) is 4.79 Å². The van der Waals surface area contributed by atoms with Gasteiger partial charge in [0, 0.05) is 25.1 Å². The standard InChI is InChI=1S/C13H26N2O2/c1-11(2)10-17-8-7-15-12(16)9-13(14)5-3-4-6-13/h11H,3-10,14H2,1-2H3,(H,15,16). The topological polar surface area (TPSA) is 64.3 Å². The van der Waals surface area contributed by atoms with Gasteiger partial charge in [-0.05, 0) is 18.8 Å². The predicted octanol–water partition coefficient (Wildman–Crippen LogP) is 1.44. The maximum absolute atomic E-state index is 11.7. The lowest BCUT2D eigenvalue weighted by Crippen LogP contribution is -2.42. The molecule has 0 unspecified atom stereocenters. The van der Waals surface area contributed by atoms with Crippen molar-refractivity contribution >= 4 is 5.91 Å². The first-order valence-corrected chi connectivity index (χ1v) is 6.65. The maximum Gasteiger partial charge on any atom is 0.221 e. The van der Waals surface area contributed by atoms with Crippen LogP contribution in [-0.4, -0.2) is 31.2 Å². The fourth-order valence-electron chi connectivity index (χ4n) is 2.22. The zero-order valence-corrected chi connectivity index (χ0v) is 11.1. The second-order valence-corrected chi connectivity index (χ2v) is 5.56. The Kier molecular flexibility index (Phi) is 5.92. The third kappa shape index (κ3) is 6.03. The van der Waals surface area contributed by atoms with Gasteiger partial charge in [0.1, 0.15) is 0 Å². The fourth-order valence-corrected chi connectivity index (χ4v) is 2.22. The molecule has 4 heteroatoms. The predicted molar refractivity (Wildman–Crippen MR) is 68.7 cm³/mol. The molecule has 4 nitrogen and oxygen atoms in total. The van der Waals surface area contributed by atoms with Crippen LogP contribution in [0.2, 0.25) is 0 Å². The monoisotopic (exact) mass is 242 g/mol. The lowest BCUT2D eigenvalue weighted by Gasteiger charge is -2.22. The Labute approximate surface area is 104 Å². The molecule has 0 radical (unpaired) electrons. The number of carbonyl (C=O) groups is 1. The van der Waals surface area contributed by atoms with Gasteiger partial charge in [0.15, 0.2) is 0 Å². The highest BCUT2D eigenvalue weighted by Gasteiger charge is 2.31. The molecule has 3 N–H and O–H groups in total. The lowest BCUT2D eigenvalue weighted by molar-refractivity contribution is -0.122. The molecule has 0 aromatic heterocycles. The molecule has 0 aromatic rings. The average Bonchev–Trinajstić information content (AvgIpc) is 2.63. The van der Waals surface area contributed by atoms with E-state index in [9.17, 15) is 4.79 Å². The Morgan fingerprint density at radius 3 is 2.65 bits per heavy atom.